The average Bonchev–Trinajstić information content (AvgIpc) is 2.37. The topological polar surface area (TPSA) is 67.1 Å². The van der Waals surface area contributed by atoms with Gasteiger partial charge in [-0.3, -0.25) is 0 Å². The van der Waals surface area contributed by atoms with Crippen molar-refractivity contribution in [2.75, 3.05) is 23.4 Å². The van der Waals surface area contributed by atoms with Crippen LogP contribution in [-0.4, -0.2) is 23.1 Å². The zero-order valence-corrected chi connectivity index (χ0v) is 12.2. The number of nitrogen functional groups attached to an aromatic ring is 1. The van der Waals surface area contributed by atoms with Crippen molar-refractivity contribution < 1.29 is 0 Å². The molecule has 106 valence electrons. The summed E-state index contributed by atoms with van der Waals surface area (Å²) in [6.45, 7) is 8.87. The van der Waals surface area contributed by atoms with Crippen LogP contribution in [0.4, 0.5) is 11.6 Å². The summed E-state index contributed by atoms with van der Waals surface area (Å²) in [7, 11) is 0. The van der Waals surface area contributed by atoms with E-state index in [9.17, 15) is 0 Å². The van der Waals surface area contributed by atoms with Crippen molar-refractivity contribution in [3.8, 4) is 0 Å². The van der Waals surface area contributed by atoms with Crippen molar-refractivity contribution in [3.05, 3.63) is 11.9 Å². The van der Waals surface area contributed by atoms with Crippen LogP contribution < -0.4 is 16.2 Å². The number of rotatable bonds is 4. The molecule has 0 aromatic carbocycles. The highest BCUT2D eigenvalue weighted by molar-refractivity contribution is 5.49. The number of nitrogens with zero attached hydrogens (tertiary/aromatic N) is 3. The maximum Gasteiger partial charge on any atom is 0.145 e. The number of hydrogen-bond acceptors (Lipinski definition) is 5. The van der Waals surface area contributed by atoms with Gasteiger partial charge in [0.1, 0.15) is 17.5 Å². The second-order valence-corrected chi connectivity index (χ2v) is 6.11. The molecule has 1 aromatic heterocycles. The third-order valence-corrected chi connectivity index (χ3v) is 3.60. The lowest BCUT2D eigenvalue weighted by Gasteiger charge is -2.38. The largest absolute Gasteiger partial charge is 0.356 e. The summed E-state index contributed by atoms with van der Waals surface area (Å²) < 4.78 is 0. The molecule has 5 heteroatoms. The van der Waals surface area contributed by atoms with Crippen molar-refractivity contribution in [2.24, 2.45) is 11.3 Å². The van der Waals surface area contributed by atoms with E-state index in [1.165, 1.54) is 12.8 Å². The molecule has 1 aromatic rings. The van der Waals surface area contributed by atoms with E-state index in [0.29, 0.717) is 11.2 Å². The molecule has 5 nitrogen and oxygen atoms in total. The van der Waals surface area contributed by atoms with Crippen LogP contribution in [0.3, 0.4) is 0 Å². The van der Waals surface area contributed by atoms with Gasteiger partial charge in [0.05, 0.1) is 0 Å². The Kier molecular flexibility index (Phi) is 4.24. The first-order chi connectivity index (χ1) is 9.04. The van der Waals surface area contributed by atoms with Crippen LogP contribution >= 0.6 is 0 Å². The van der Waals surface area contributed by atoms with E-state index in [0.717, 1.165) is 37.6 Å². The molecule has 19 heavy (non-hydrogen) atoms. The summed E-state index contributed by atoms with van der Waals surface area (Å²) in [5, 5.41) is 0. The van der Waals surface area contributed by atoms with Gasteiger partial charge in [0.15, 0.2) is 0 Å². The van der Waals surface area contributed by atoms with E-state index in [4.69, 9.17) is 5.84 Å². The van der Waals surface area contributed by atoms with Crippen molar-refractivity contribution in [1.29, 1.82) is 0 Å². The van der Waals surface area contributed by atoms with Gasteiger partial charge >= 0.3 is 0 Å². The Morgan fingerprint density at radius 2 is 2.21 bits per heavy atom. The van der Waals surface area contributed by atoms with Crippen LogP contribution in [0.2, 0.25) is 0 Å². The SMILES string of the molecule is CCCc1nc(NN)cc(N2CCCC(C)(C)C2)n1. The van der Waals surface area contributed by atoms with E-state index >= 15 is 0 Å². The molecule has 0 spiro atoms. The number of hydrogen-bond donors (Lipinski definition) is 2. The quantitative estimate of drug-likeness (QED) is 0.644. The summed E-state index contributed by atoms with van der Waals surface area (Å²) in [6, 6.07) is 1.94. The molecule has 0 saturated carbocycles. The van der Waals surface area contributed by atoms with Crippen LogP contribution in [0.5, 0.6) is 0 Å². The molecule has 2 rings (SSSR count). The van der Waals surface area contributed by atoms with Crippen LogP contribution in [0.1, 0.15) is 45.9 Å². The van der Waals surface area contributed by atoms with Crippen LogP contribution in [0, 0.1) is 5.41 Å². The first-order valence-corrected chi connectivity index (χ1v) is 7.13. The maximum absolute atomic E-state index is 5.51. The minimum Gasteiger partial charge on any atom is -0.356 e. The van der Waals surface area contributed by atoms with Gasteiger partial charge in [-0.15, -0.1) is 0 Å². The Labute approximate surface area is 115 Å². The van der Waals surface area contributed by atoms with Crippen molar-refractivity contribution in [2.45, 2.75) is 46.5 Å². The van der Waals surface area contributed by atoms with Gasteiger partial charge in [0.25, 0.3) is 0 Å². The monoisotopic (exact) mass is 263 g/mol. The van der Waals surface area contributed by atoms with E-state index < -0.39 is 0 Å². The van der Waals surface area contributed by atoms with Crippen LogP contribution in [0.25, 0.3) is 0 Å². The number of hydrazine groups is 1. The molecule has 0 unspecified atom stereocenters. The van der Waals surface area contributed by atoms with Gasteiger partial charge < -0.3 is 10.3 Å². The number of anilines is 2. The minimum absolute atomic E-state index is 0.352. The van der Waals surface area contributed by atoms with Gasteiger partial charge in [-0.1, -0.05) is 20.8 Å². The average molecular weight is 263 g/mol. The molecule has 2 heterocycles. The Morgan fingerprint density at radius 1 is 1.42 bits per heavy atom. The molecule has 0 atom stereocenters. The molecule has 0 radical (unpaired) electrons. The van der Waals surface area contributed by atoms with Crippen LogP contribution in [0.15, 0.2) is 6.07 Å². The summed E-state index contributed by atoms with van der Waals surface area (Å²) in [6.07, 6.45) is 4.42. The second-order valence-electron chi connectivity index (χ2n) is 6.11. The molecular formula is C14H25N5. The third kappa shape index (κ3) is 3.56. The summed E-state index contributed by atoms with van der Waals surface area (Å²) in [5.74, 6) is 8.08. The van der Waals surface area contributed by atoms with Crippen molar-refractivity contribution in [3.63, 3.8) is 0 Å². The second kappa shape index (κ2) is 5.74. The highest BCUT2D eigenvalue weighted by atomic mass is 15.3. The zero-order chi connectivity index (χ0) is 13.9. The van der Waals surface area contributed by atoms with Crippen LogP contribution in [-0.2, 0) is 6.42 Å². The Bertz CT molecular complexity index is 430. The maximum atomic E-state index is 5.51. The molecular weight excluding hydrogens is 238 g/mol. The molecule has 1 aliphatic rings. The first-order valence-electron chi connectivity index (χ1n) is 7.13. The molecule has 0 amide bonds. The lowest BCUT2D eigenvalue weighted by atomic mass is 9.84. The van der Waals surface area contributed by atoms with Crippen molar-refractivity contribution in [1.82, 2.24) is 9.97 Å². The Hall–Kier alpha value is -1.36. The first kappa shape index (κ1) is 14.1. The fraction of sp³-hybridized carbons (Fsp3) is 0.714. The molecule has 0 aliphatic carbocycles. The van der Waals surface area contributed by atoms with E-state index in [1.807, 2.05) is 6.07 Å². The van der Waals surface area contributed by atoms with Crippen molar-refractivity contribution >= 4 is 11.6 Å². The number of piperidine rings is 1. The fourth-order valence-electron chi connectivity index (χ4n) is 2.67. The van der Waals surface area contributed by atoms with Gasteiger partial charge in [-0.25, -0.2) is 15.8 Å². The molecule has 1 aliphatic heterocycles. The minimum atomic E-state index is 0.352. The number of aryl methyl sites for hydroxylation is 1. The van der Waals surface area contributed by atoms with Gasteiger partial charge in [-0.2, -0.15) is 0 Å². The molecule has 3 N–H and O–H groups in total. The standard InChI is InChI=1S/C14H25N5/c1-4-6-11-16-12(18-15)9-13(17-11)19-8-5-7-14(2,3)10-19/h9H,4-8,10,15H2,1-3H3,(H,16,17,18). The smallest absolute Gasteiger partial charge is 0.145 e. The predicted octanol–water partition coefficient (Wildman–Crippen LogP) is 2.34. The summed E-state index contributed by atoms with van der Waals surface area (Å²) >= 11 is 0. The number of nitrogens with two attached hydrogens (primary N) is 1. The predicted molar refractivity (Wildman–Crippen MR) is 79.1 cm³/mol. The lowest BCUT2D eigenvalue weighted by Crippen LogP contribution is -2.40. The number of nitrogens with one attached hydrogen (secondary N) is 1. The lowest BCUT2D eigenvalue weighted by molar-refractivity contribution is 0.292. The highest BCUT2D eigenvalue weighted by Crippen LogP contribution is 2.31. The highest BCUT2D eigenvalue weighted by Gasteiger charge is 2.27. The van der Waals surface area contributed by atoms with Gasteiger partial charge in [0.2, 0.25) is 0 Å². The Morgan fingerprint density at radius 3 is 2.84 bits per heavy atom. The summed E-state index contributed by atoms with van der Waals surface area (Å²) in [5.41, 5.74) is 3.00. The molecule has 0 bridgehead atoms. The van der Waals surface area contributed by atoms with E-state index in [1.54, 1.807) is 0 Å². The third-order valence-electron chi connectivity index (χ3n) is 3.60. The van der Waals surface area contributed by atoms with E-state index in [2.05, 4.69) is 41.1 Å². The van der Waals surface area contributed by atoms with E-state index in [-0.39, 0.29) is 0 Å². The van der Waals surface area contributed by atoms with Gasteiger partial charge in [-0.05, 0) is 24.7 Å². The zero-order valence-electron chi connectivity index (χ0n) is 12.2. The normalized spacial score (nSPS) is 18.4. The van der Waals surface area contributed by atoms with Gasteiger partial charge in [0, 0.05) is 25.6 Å². The molecule has 1 saturated heterocycles. The number of aromatic nitrogens is 2. The summed E-state index contributed by atoms with van der Waals surface area (Å²) in [4.78, 5) is 11.4. The fourth-order valence-corrected chi connectivity index (χ4v) is 2.67. The Balaban J connectivity index is 2.25. The molecule has 1 fully saturated rings.